The smallest absolute Gasteiger partial charge is 0.170 e. The normalized spacial score (nSPS) is 12.0. The minimum atomic E-state index is -0.238. The molecule has 0 saturated heterocycles. The lowest BCUT2D eigenvalue weighted by Gasteiger charge is -2.12. The molecule has 0 aliphatic heterocycles. The van der Waals surface area contributed by atoms with Crippen molar-refractivity contribution >= 4 is 17.3 Å². The van der Waals surface area contributed by atoms with Crippen LogP contribution in [0.25, 0.3) is 0 Å². The zero-order valence-corrected chi connectivity index (χ0v) is 15.4. The molecule has 0 radical (unpaired) electrons. The van der Waals surface area contributed by atoms with Crippen molar-refractivity contribution in [2.75, 3.05) is 19.0 Å². The number of ketones is 2. The fraction of sp³-hybridized carbons (Fsp3) is 0.130. The average Bonchev–Trinajstić information content (AvgIpc) is 2.63. The first kappa shape index (κ1) is 20.8. The van der Waals surface area contributed by atoms with Crippen LogP contribution in [0.4, 0.5) is 5.69 Å². The molecule has 134 valence electrons. The number of allylic oxidation sites excluding steroid dienone is 10. The summed E-state index contributed by atoms with van der Waals surface area (Å²) in [6.45, 7) is 7.21. The van der Waals surface area contributed by atoms with Gasteiger partial charge in [-0.05, 0) is 24.3 Å². The van der Waals surface area contributed by atoms with Crippen LogP contribution in [0.15, 0.2) is 97.7 Å². The Morgan fingerprint density at radius 3 is 2.12 bits per heavy atom. The third-order valence-electron chi connectivity index (χ3n) is 3.50. The largest absolute Gasteiger partial charge is 0.378 e. The molecule has 0 amide bonds. The molecule has 1 rings (SSSR count). The first-order valence-corrected chi connectivity index (χ1v) is 8.28. The molecule has 0 fully saturated rings. The van der Waals surface area contributed by atoms with E-state index in [0.29, 0.717) is 11.1 Å². The van der Waals surface area contributed by atoms with Crippen molar-refractivity contribution in [1.82, 2.24) is 0 Å². The maximum absolute atomic E-state index is 12.4. The number of benzene rings is 1. The molecular weight excluding hydrogens is 322 g/mol. The Balaban J connectivity index is 2.78. The highest BCUT2D eigenvalue weighted by atomic mass is 16.1. The van der Waals surface area contributed by atoms with E-state index in [0.717, 1.165) is 5.69 Å². The Morgan fingerprint density at radius 1 is 0.923 bits per heavy atom. The monoisotopic (exact) mass is 347 g/mol. The number of carbonyl (C=O) groups excluding carboxylic acids is 2. The zero-order chi connectivity index (χ0) is 19.4. The van der Waals surface area contributed by atoms with E-state index in [-0.39, 0.29) is 18.0 Å². The molecule has 3 heteroatoms. The van der Waals surface area contributed by atoms with Crippen molar-refractivity contribution < 1.29 is 9.59 Å². The molecule has 0 unspecified atom stereocenters. The first-order chi connectivity index (χ1) is 12.5. The van der Waals surface area contributed by atoms with Crippen molar-refractivity contribution in [2.45, 2.75) is 6.42 Å². The van der Waals surface area contributed by atoms with Crippen LogP contribution in [0.5, 0.6) is 0 Å². The van der Waals surface area contributed by atoms with E-state index in [9.17, 15) is 9.59 Å². The topological polar surface area (TPSA) is 37.4 Å². The average molecular weight is 347 g/mol. The van der Waals surface area contributed by atoms with E-state index in [1.165, 1.54) is 6.08 Å². The van der Waals surface area contributed by atoms with Crippen LogP contribution >= 0.6 is 0 Å². The summed E-state index contributed by atoms with van der Waals surface area (Å²) < 4.78 is 0. The van der Waals surface area contributed by atoms with Gasteiger partial charge in [-0.2, -0.15) is 0 Å². The second-order valence-electron chi connectivity index (χ2n) is 5.69. The van der Waals surface area contributed by atoms with Gasteiger partial charge in [0.25, 0.3) is 0 Å². The highest BCUT2D eigenvalue weighted by Gasteiger charge is 2.14. The number of hydrogen-bond donors (Lipinski definition) is 0. The molecule has 0 aromatic heterocycles. The van der Waals surface area contributed by atoms with Crippen LogP contribution in [0, 0.1) is 0 Å². The predicted octanol–water partition coefficient (Wildman–Crippen LogP) is 4.86. The Labute approximate surface area is 156 Å². The van der Waals surface area contributed by atoms with E-state index in [1.807, 2.05) is 43.3 Å². The molecule has 1 aromatic rings. The molecule has 0 saturated carbocycles. The van der Waals surface area contributed by atoms with Crippen molar-refractivity contribution in [3.8, 4) is 0 Å². The number of nitrogens with zero attached hydrogens (tertiary/aromatic N) is 1. The van der Waals surface area contributed by atoms with Gasteiger partial charge in [-0.15, -0.1) is 0 Å². The van der Waals surface area contributed by atoms with Gasteiger partial charge in [-0.3, -0.25) is 9.59 Å². The second kappa shape index (κ2) is 11.4. The lowest BCUT2D eigenvalue weighted by molar-refractivity contribution is -0.114. The van der Waals surface area contributed by atoms with Crippen LogP contribution in [0.3, 0.4) is 0 Å². The Hall–Kier alpha value is -3.20. The van der Waals surface area contributed by atoms with E-state index >= 15 is 0 Å². The number of carbonyl (C=O) groups is 2. The van der Waals surface area contributed by atoms with Crippen molar-refractivity contribution in [2.24, 2.45) is 0 Å². The first-order valence-electron chi connectivity index (χ1n) is 8.28. The van der Waals surface area contributed by atoms with Gasteiger partial charge < -0.3 is 4.90 Å². The van der Waals surface area contributed by atoms with Crippen molar-refractivity contribution in [3.63, 3.8) is 0 Å². The molecule has 0 N–H and O–H groups in total. The molecule has 0 aliphatic carbocycles. The zero-order valence-electron chi connectivity index (χ0n) is 15.4. The highest BCUT2D eigenvalue weighted by molar-refractivity contribution is 6.14. The van der Waals surface area contributed by atoms with Gasteiger partial charge in [-0.25, -0.2) is 0 Å². The molecule has 0 spiro atoms. The fourth-order valence-electron chi connectivity index (χ4n) is 2.09. The summed E-state index contributed by atoms with van der Waals surface area (Å²) in [5.41, 5.74) is 1.97. The Kier molecular flexibility index (Phi) is 9.12. The summed E-state index contributed by atoms with van der Waals surface area (Å²) in [5, 5.41) is 0. The summed E-state index contributed by atoms with van der Waals surface area (Å²) in [6, 6.07) is 7.21. The molecule has 0 bridgehead atoms. The minimum Gasteiger partial charge on any atom is -0.378 e. The van der Waals surface area contributed by atoms with Gasteiger partial charge in [0.1, 0.15) is 0 Å². The summed E-state index contributed by atoms with van der Waals surface area (Å²) in [5.74, 6) is -0.439. The van der Waals surface area contributed by atoms with Gasteiger partial charge in [0.05, 0.1) is 6.42 Å². The number of anilines is 1. The summed E-state index contributed by atoms with van der Waals surface area (Å²) in [7, 11) is 3.86. The van der Waals surface area contributed by atoms with Gasteiger partial charge in [0.2, 0.25) is 0 Å². The van der Waals surface area contributed by atoms with Gasteiger partial charge in [0, 0.05) is 30.9 Å². The van der Waals surface area contributed by atoms with Gasteiger partial charge >= 0.3 is 0 Å². The third-order valence-corrected chi connectivity index (χ3v) is 3.50. The number of rotatable bonds is 10. The standard InChI is InChI=1S/C23H25NO2/c1-5-7-8-9-10-11-13-19(12-6-2)22(25)18-23(26)20-14-16-21(17-15-20)24(3)4/h5-17H,1-2,18H2,3-4H3/b8-7-,10-9-,13-11-,19-12+. The van der Waals surface area contributed by atoms with Crippen LogP contribution in [-0.4, -0.2) is 25.7 Å². The highest BCUT2D eigenvalue weighted by Crippen LogP contribution is 2.15. The maximum atomic E-state index is 12.4. The van der Waals surface area contributed by atoms with Crippen LogP contribution < -0.4 is 4.90 Å². The van der Waals surface area contributed by atoms with E-state index < -0.39 is 0 Å². The van der Waals surface area contributed by atoms with Gasteiger partial charge in [-0.1, -0.05) is 67.8 Å². The van der Waals surface area contributed by atoms with Crippen molar-refractivity contribution in [3.05, 3.63) is 103 Å². The fourth-order valence-corrected chi connectivity index (χ4v) is 2.09. The lowest BCUT2D eigenvalue weighted by atomic mass is 10.0. The number of hydrogen-bond acceptors (Lipinski definition) is 3. The second-order valence-corrected chi connectivity index (χ2v) is 5.69. The van der Waals surface area contributed by atoms with E-state index in [2.05, 4.69) is 13.2 Å². The Morgan fingerprint density at radius 2 is 1.54 bits per heavy atom. The molecule has 0 heterocycles. The number of Topliss-reactive ketones (excluding diaryl/α,β-unsaturated/α-hetero) is 2. The molecule has 3 nitrogen and oxygen atoms in total. The molecular formula is C23H25NO2. The SMILES string of the molecule is C=C\C=C/C=C\C=C/C(=C\C=C)C(=O)CC(=O)c1ccc(N(C)C)cc1. The summed E-state index contributed by atoms with van der Waals surface area (Å²) >= 11 is 0. The quantitative estimate of drug-likeness (QED) is 0.262. The van der Waals surface area contributed by atoms with E-state index in [4.69, 9.17) is 0 Å². The minimum absolute atomic E-state index is 0.175. The van der Waals surface area contributed by atoms with Crippen LogP contribution in [0.2, 0.25) is 0 Å². The lowest BCUT2D eigenvalue weighted by Crippen LogP contribution is -2.11. The van der Waals surface area contributed by atoms with Crippen LogP contribution in [0.1, 0.15) is 16.8 Å². The third kappa shape index (κ3) is 7.14. The summed E-state index contributed by atoms with van der Waals surface area (Å²) in [4.78, 5) is 26.7. The summed E-state index contributed by atoms with van der Waals surface area (Å²) in [6.07, 6.45) is 15.3. The molecule has 1 aromatic carbocycles. The maximum Gasteiger partial charge on any atom is 0.170 e. The van der Waals surface area contributed by atoms with Crippen molar-refractivity contribution in [1.29, 1.82) is 0 Å². The van der Waals surface area contributed by atoms with E-state index in [1.54, 1.807) is 48.6 Å². The van der Waals surface area contributed by atoms with Gasteiger partial charge in [0.15, 0.2) is 11.6 Å². The molecule has 0 aliphatic rings. The van der Waals surface area contributed by atoms with Crippen LogP contribution in [-0.2, 0) is 4.79 Å². The Bertz CT molecular complexity index is 760. The predicted molar refractivity (Wildman–Crippen MR) is 111 cm³/mol. The molecule has 26 heavy (non-hydrogen) atoms. The molecule has 0 atom stereocenters.